The van der Waals surface area contributed by atoms with Gasteiger partial charge in [-0.3, -0.25) is 9.97 Å². The zero-order valence-electron chi connectivity index (χ0n) is 10.7. The SMILES string of the molecule is Cc1cc(C(N)c2ccccn2)nc2ccccc12. The molecule has 94 valence electrons. The fraction of sp³-hybridized carbons (Fsp3) is 0.125. The Hall–Kier alpha value is -2.26. The third kappa shape index (κ3) is 2.20. The van der Waals surface area contributed by atoms with Crippen LogP contribution < -0.4 is 5.73 Å². The molecular formula is C16H15N3. The molecule has 3 aromatic rings. The Morgan fingerprint density at radius 2 is 1.79 bits per heavy atom. The largest absolute Gasteiger partial charge is 0.318 e. The van der Waals surface area contributed by atoms with E-state index in [1.807, 2.05) is 42.5 Å². The van der Waals surface area contributed by atoms with Crippen molar-refractivity contribution in [2.75, 3.05) is 0 Å². The Labute approximate surface area is 112 Å². The van der Waals surface area contributed by atoms with Crippen LogP contribution in [0.1, 0.15) is 23.0 Å². The van der Waals surface area contributed by atoms with Crippen molar-refractivity contribution >= 4 is 10.9 Å². The first-order chi connectivity index (χ1) is 9.25. The van der Waals surface area contributed by atoms with Gasteiger partial charge in [0.25, 0.3) is 0 Å². The lowest BCUT2D eigenvalue weighted by molar-refractivity contribution is 0.798. The minimum Gasteiger partial charge on any atom is -0.318 e. The Kier molecular flexibility index (Phi) is 2.97. The van der Waals surface area contributed by atoms with Crippen molar-refractivity contribution in [2.24, 2.45) is 5.73 Å². The molecule has 2 aromatic heterocycles. The van der Waals surface area contributed by atoms with Crippen LogP contribution in [0, 0.1) is 6.92 Å². The summed E-state index contributed by atoms with van der Waals surface area (Å²) >= 11 is 0. The van der Waals surface area contributed by atoms with Gasteiger partial charge in [0.1, 0.15) is 0 Å². The van der Waals surface area contributed by atoms with Crippen LogP contribution in [0.3, 0.4) is 0 Å². The van der Waals surface area contributed by atoms with Crippen molar-refractivity contribution < 1.29 is 0 Å². The van der Waals surface area contributed by atoms with Gasteiger partial charge in [-0.05, 0) is 36.8 Å². The maximum Gasteiger partial charge on any atom is 0.0900 e. The van der Waals surface area contributed by atoms with Crippen molar-refractivity contribution in [3.63, 3.8) is 0 Å². The van der Waals surface area contributed by atoms with Crippen LogP contribution in [-0.4, -0.2) is 9.97 Å². The fourth-order valence-electron chi connectivity index (χ4n) is 2.25. The first kappa shape index (κ1) is 11.8. The molecule has 0 saturated carbocycles. The van der Waals surface area contributed by atoms with Gasteiger partial charge in [-0.2, -0.15) is 0 Å². The maximum absolute atomic E-state index is 6.25. The number of pyridine rings is 2. The number of hydrogen-bond acceptors (Lipinski definition) is 3. The van der Waals surface area contributed by atoms with Gasteiger partial charge >= 0.3 is 0 Å². The van der Waals surface area contributed by atoms with E-state index in [4.69, 9.17) is 5.73 Å². The van der Waals surface area contributed by atoms with Crippen LogP contribution in [0.5, 0.6) is 0 Å². The number of aryl methyl sites for hydroxylation is 1. The summed E-state index contributed by atoms with van der Waals surface area (Å²) in [5.41, 5.74) is 10.1. The minimum atomic E-state index is -0.287. The number of rotatable bonds is 2. The lowest BCUT2D eigenvalue weighted by Crippen LogP contribution is -2.15. The highest BCUT2D eigenvalue weighted by Crippen LogP contribution is 2.22. The number of hydrogen-bond donors (Lipinski definition) is 1. The predicted octanol–water partition coefficient (Wildman–Crippen LogP) is 2.99. The second-order valence-electron chi connectivity index (χ2n) is 4.61. The van der Waals surface area contributed by atoms with E-state index in [1.54, 1.807) is 6.20 Å². The van der Waals surface area contributed by atoms with Gasteiger partial charge in [-0.25, -0.2) is 0 Å². The van der Waals surface area contributed by atoms with Crippen molar-refractivity contribution in [3.8, 4) is 0 Å². The van der Waals surface area contributed by atoms with Crippen LogP contribution in [0.2, 0.25) is 0 Å². The van der Waals surface area contributed by atoms with Crippen LogP contribution >= 0.6 is 0 Å². The number of aromatic nitrogens is 2. The summed E-state index contributed by atoms with van der Waals surface area (Å²) in [7, 11) is 0. The number of para-hydroxylation sites is 1. The fourth-order valence-corrected chi connectivity index (χ4v) is 2.25. The zero-order chi connectivity index (χ0) is 13.2. The maximum atomic E-state index is 6.25. The van der Waals surface area contributed by atoms with E-state index >= 15 is 0 Å². The average molecular weight is 249 g/mol. The normalized spacial score (nSPS) is 12.5. The van der Waals surface area contributed by atoms with E-state index in [0.29, 0.717) is 0 Å². The van der Waals surface area contributed by atoms with Crippen molar-refractivity contribution in [2.45, 2.75) is 13.0 Å². The molecule has 3 nitrogen and oxygen atoms in total. The quantitative estimate of drug-likeness (QED) is 0.759. The number of benzene rings is 1. The molecule has 2 N–H and O–H groups in total. The standard InChI is InChI=1S/C16H15N3/c1-11-10-15(16(17)14-8-4-5-9-18-14)19-13-7-3-2-6-12(11)13/h2-10,16H,17H2,1H3. The molecule has 19 heavy (non-hydrogen) atoms. The number of nitrogens with zero attached hydrogens (tertiary/aromatic N) is 2. The zero-order valence-corrected chi connectivity index (χ0v) is 10.7. The summed E-state index contributed by atoms with van der Waals surface area (Å²) in [6.45, 7) is 2.08. The molecule has 0 radical (unpaired) electrons. The smallest absolute Gasteiger partial charge is 0.0900 e. The second kappa shape index (κ2) is 4.78. The van der Waals surface area contributed by atoms with Crippen LogP contribution in [0.25, 0.3) is 10.9 Å². The van der Waals surface area contributed by atoms with Crippen molar-refractivity contribution in [1.82, 2.24) is 9.97 Å². The number of nitrogens with two attached hydrogens (primary N) is 1. The molecule has 0 fully saturated rings. The number of fused-ring (bicyclic) bond motifs is 1. The summed E-state index contributed by atoms with van der Waals surface area (Å²) in [5.74, 6) is 0. The first-order valence-electron chi connectivity index (χ1n) is 6.28. The lowest BCUT2D eigenvalue weighted by Gasteiger charge is -2.12. The molecule has 0 aliphatic carbocycles. The van der Waals surface area contributed by atoms with E-state index in [1.165, 1.54) is 10.9 Å². The van der Waals surface area contributed by atoms with Crippen molar-refractivity contribution in [1.29, 1.82) is 0 Å². The Morgan fingerprint density at radius 3 is 2.58 bits per heavy atom. The van der Waals surface area contributed by atoms with Crippen molar-refractivity contribution in [3.05, 3.63) is 71.7 Å². The molecule has 0 spiro atoms. The van der Waals surface area contributed by atoms with E-state index in [9.17, 15) is 0 Å². The van der Waals surface area contributed by atoms with E-state index in [0.717, 1.165) is 16.9 Å². The topological polar surface area (TPSA) is 51.8 Å². The highest BCUT2D eigenvalue weighted by Gasteiger charge is 2.13. The highest BCUT2D eigenvalue weighted by atomic mass is 14.8. The summed E-state index contributed by atoms with van der Waals surface area (Å²) in [6.07, 6.45) is 1.75. The first-order valence-corrected chi connectivity index (χ1v) is 6.28. The Bertz CT molecular complexity index is 708. The van der Waals surface area contributed by atoms with E-state index < -0.39 is 0 Å². The summed E-state index contributed by atoms with van der Waals surface area (Å²) in [4.78, 5) is 8.95. The van der Waals surface area contributed by atoms with Gasteiger partial charge in [-0.1, -0.05) is 24.3 Å². The molecule has 2 heterocycles. The summed E-state index contributed by atoms with van der Waals surface area (Å²) in [5, 5.41) is 1.17. The van der Waals surface area contributed by atoms with E-state index in [-0.39, 0.29) is 6.04 Å². The molecule has 1 unspecified atom stereocenters. The summed E-state index contributed by atoms with van der Waals surface area (Å²) < 4.78 is 0. The Balaban J connectivity index is 2.11. The van der Waals surface area contributed by atoms with Gasteiger partial charge < -0.3 is 5.73 Å². The average Bonchev–Trinajstić information content (AvgIpc) is 2.47. The molecular weight excluding hydrogens is 234 g/mol. The molecule has 0 saturated heterocycles. The van der Waals surface area contributed by atoms with Crippen LogP contribution in [0.4, 0.5) is 0 Å². The monoisotopic (exact) mass is 249 g/mol. The highest BCUT2D eigenvalue weighted by molar-refractivity contribution is 5.82. The molecule has 0 aliphatic rings. The molecule has 0 bridgehead atoms. The second-order valence-corrected chi connectivity index (χ2v) is 4.61. The molecule has 3 heteroatoms. The van der Waals surface area contributed by atoms with Gasteiger partial charge in [0, 0.05) is 11.6 Å². The minimum absolute atomic E-state index is 0.287. The Morgan fingerprint density at radius 1 is 1.00 bits per heavy atom. The van der Waals surface area contributed by atoms with Crippen LogP contribution in [-0.2, 0) is 0 Å². The van der Waals surface area contributed by atoms with Gasteiger partial charge in [0.2, 0.25) is 0 Å². The molecule has 1 atom stereocenters. The van der Waals surface area contributed by atoms with Gasteiger partial charge in [-0.15, -0.1) is 0 Å². The van der Waals surface area contributed by atoms with Crippen LogP contribution in [0.15, 0.2) is 54.7 Å². The predicted molar refractivity (Wildman–Crippen MR) is 76.7 cm³/mol. The summed E-state index contributed by atoms with van der Waals surface area (Å²) in [6, 6.07) is 15.6. The van der Waals surface area contributed by atoms with Gasteiger partial charge in [0.05, 0.1) is 22.9 Å². The molecule has 1 aromatic carbocycles. The molecule has 3 rings (SSSR count). The van der Waals surface area contributed by atoms with E-state index in [2.05, 4.69) is 23.0 Å². The third-order valence-corrected chi connectivity index (χ3v) is 3.27. The lowest BCUT2D eigenvalue weighted by atomic mass is 10.0. The third-order valence-electron chi connectivity index (χ3n) is 3.27. The molecule has 0 amide bonds. The molecule has 0 aliphatic heterocycles. The van der Waals surface area contributed by atoms with Gasteiger partial charge in [0.15, 0.2) is 0 Å².